The molecule has 0 saturated carbocycles. The molecule has 0 bridgehead atoms. The van der Waals surface area contributed by atoms with E-state index in [0.717, 1.165) is 10.9 Å². The minimum Gasteiger partial charge on any atom is -0.346 e. The van der Waals surface area contributed by atoms with Gasteiger partial charge in [0.25, 0.3) is 0 Å². The monoisotopic (exact) mass is 242 g/mol. The highest BCUT2D eigenvalue weighted by atomic mass is 79.9. The van der Waals surface area contributed by atoms with Gasteiger partial charge in [0.1, 0.15) is 0 Å². The predicted octanol–water partition coefficient (Wildman–Crippen LogP) is 2.63. The van der Waals surface area contributed by atoms with Gasteiger partial charge in [-0.15, -0.1) is 0 Å². The molecule has 1 fully saturated rings. The van der Waals surface area contributed by atoms with E-state index in [4.69, 9.17) is 9.47 Å². The molecule has 2 nitrogen and oxygen atoms in total. The van der Waals surface area contributed by atoms with Gasteiger partial charge in [0.2, 0.25) is 0 Å². The van der Waals surface area contributed by atoms with Crippen LogP contribution in [0, 0.1) is 0 Å². The van der Waals surface area contributed by atoms with Crippen molar-refractivity contribution in [3.05, 3.63) is 35.4 Å². The molecule has 1 aromatic carbocycles. The first-order valence-electron chi connectivity index (χ1n) is 4.28. The van der Waals surface area contributed by atoms with E-state index in [2.05, 4.69) is 28.1 Å². The Balaban J connectivity index is 2.12. The molecule has 1 aliphatic rings. The Morgan fingerprint density at radius 1 is 1.15 bits per heavy atom. The number of halogens is 1. The molecule has 1 aliphatic heterocycles. The quantitative estimate of drug-likeness (QED) is 0.743. The molecule has 0 radical (unpaired) electrons. The molecule has 1 aromatic rings. The van der Waals surface area contributed by atoms with Gasteiger partial charge in [-0.3, -0.25) is 0 Å². The fourth-order valence-corrected chi connectivity index (χ4v) is 1.69. The maximum atomic E-state index is 5.38. The minimum atomic E-state index is -0.149. The molecule has 0 N–H and O–H groups in total. The van der Waals surface area contributed by atoms with Gasteiger partial charge in [0.05, 0.1) is 13.2 Å². The third kappa shape index (κ3) is 2.10. The lowest BCUT2D eigenvalue weighted by atomic mass is 10.1. The molecule has 0 amide bonds. The van der Waals surface area contributed by atoms with Crippen LogP contribution in [0.15, 0.2) is 24.3 Å². The fourth-order valence-electron chi connectivity index (χ4n) is 1.31. The molecular weight excluding hydrogens is 232 g/mol. The largest absolute Gasteiger partial charge is 0.346 e. The van der Waals surface area contributed by atoms with Crippen LogP contribution in [-0.4, -0.2) is 13.2 Å². The topological polar surface area (TPSA) is 18.5 Å². The van der Waals surface area contributed by atoms with E-state index in [0.29, 0.717) is 13.2 Å². The molecule has 1 heterocycles. The SMILES string of the molecule is BrCc1ccc(C2OCCO2)cc1. The van der Waals surface area contributed by atoms with Crippen LogP contribution in [0.2, 0.25) is 0 Å². The molecule has 0 aromatic heterocycles. The fraction of sp³-hybridized carbons (Fsp3) is 0.400. The second-order valence-corrected chi connectivity index (χ2v) is 3.51. The third-order valence-electron chi connectivity index (χ3n) is 2.03. The maximum Gasteiger partial charge on any atom is 0.184 e. The molecule has 0 atom stereocenters. The summed E-state index contributed by atoms with van der Waals surface area (Å²) in [7, 11) is 0. The lowest BCUT2D eigenvalue weighted by molar-refractivity contribution is -0.0441. The second kappa shape index (κ2) is 4.22. The van der Waals surface area contributed by atoms with Crippen molar-refractivity contribution in [1.29, 1.82) is 0 Å². The van der Waals surface area contributed by atoms with Crippen LogP contribution in [0.4, 0.5) is 0 Å². The average Bonchev–Trinajstić information content (AvgIpc) is 2.71. The van der Waals surface area contributed by atoms with Crippen molar-refractivity contribution in [3.8, 4) is 0 Å². The van der Waals surface area contributed by atoms with E-state index in [-0.39, 0.29) is 6.29 Å². The minimum absolute atomic E-state index is 0.149. The molecule has 70 valence electrons. The van der Waals surface area contributed by atoms with E-state index in [1.165, 1.54) is 5.56 Å². The Morgan fingerprint density at radius 3 is 2.31 bits per heavy atom. The Hall–Kier alpha value is -0.380. The molecule has 13 heavy (non-hydrogen) atoms. The molecule has 2 rings (SSSR count). The van der Waals surface area contributed by atoms with Crippen LogP contribution in [0.25, 0.3) is 0 Å². The summed E-state index contributed by atoms with van der Waals surface area (Å²) in [5.74, 6) is 0. The summed E-state index contributed by atoms with van der Waals surface area (Å²) >= 11 is 3.40. The number of hydrogen-bond acceptors (Lipinski definition) is 2. The van der Waals surface area contributed by atoms with Crippen molar-refractivity contribution in [2.75, 3.05) is 13.2 Å². The Bertz CT molecular complexity index is 265. The number of hydrogen-bond donors (Lipinski definition) is 0. The summed E-state index contributed by atoms with van der Waals surface area (Å²) in [5, 5.41) is 0.889. The zero-order valence-corrected chi connectivity index (χ0v) is 8.79. The highest BCUT2D eigenvalue weighted by molar-refractivity contribution is 9.08. The van der Waals surface area contributed by atoms with Gasteiger partial charge in [-0.05, 0) is 5.56 Å². The molecule has 0 spiro atoms. The van der Waals surface area contributed by atoms with Gasteiger partial charge in [-0.2, -0.15) is 0 Å². The first kappa shape index (κ1) is 9.19. The number of rotatable bonds is 2. The average molecular weight is 243 g/mol. The van der Waals surface area contributed by atoms with E-state index >= 15 is 0 Å². The zero-order chi connectivity index (χ0) is 9.10. The van der Waals surface area contributed by atoms with E-state index < -0.39 is 0 Å². The Kier molecular flexibility index (Phi) is 2.98. The highest BCUT2D eigenvalue weighted by Crippen LogP contribution is 2.23. The van der Waals surface area contributed by atoms with Crippen molar-refractivity contribution in [2.24, 2.45) is 0 Å². The van der Waals surface area contributed by atoms with Gasteiger partial charge in [0.15, 0.2) is 6.29 Å². The molecular formula is C10H11BrO2. The lowest BCUT2D eigenvalue weighted by Gasteiger charge is -2.08. The van der Waals surface area contributed by atoms with E-state index in [1.54, 1.807) is 0 Å². The van der Waals surface area contributed by atoms with Crippen molar-refractivity contribution >= 4 is 15.9 Å². The summed E-state index contributed by atoms with van der Waals surface area (Å²) in [6.07, 6.45) is -0.149. The highest BCUT2D eigenvalue weighted by Gasteiger charge is 2.17. The van der Waals surface area contributed by atoms with Crippen LogP contribution in [0.3, 0.4) is 0 Å². The van der Waals surface area contributed by atoms with Crippen molar-refractivity contribution in [3.63, 3.8) is 0 Å². The van der Waals surface area contributed by atoms with Crippen LogP contribution in [-0.2, 0) is 14.8 Å². The van der Waals surface area contributed by atoms with E-state index in [9.17, 15) is 0 Å². The smallest absolute Gasteiger partial charge is 0.184 e. The molecule has 0 unspecified atom stereocenters. The van der Waals surface area contributed by atoms with E-state index in [1.807, 2.05) is 12.1 Å². The number of ether oxygens (including phenoxy) is 2. The van der Waals surface area contributed by atoms with Crippen LogP contribution >= 0.6 is 15.9 Å². The molecule has 1 saturated heterocycles. The first-order chi connectivity index (χ1) is 6.40. The van der Waals surface area contributed by atoms with Crippen molar-refractivity contribution < 1.29 is 9.47 Å². The standard InChI is InChI=1S/C10H11BrO2/c11-7-8-1-3-9(4-2-8)10-12-5-6-13-10/h1-4,10H,5-7H2. The molecule has 3 heteroatoms. The predicted molar refractivity (Wildman–Crippen MR) is 53.7 cm³/mol. The lowest BCUT2D eigenvalue weighted by Crippen LogP contribution is -1.97. The second-order valence-electron chi connectivity index (χ2n) is 2.95. The number of benzene rings is 1. The van der Waals surface area contributed by atoms with Crippen LogP contribution in [0.1, 0.15) is 17.4 Å². The normalized spacial score (nSPS) is 17.9. The van der Waals surface area contributed by atoms with Crippen LogP contribution < -0.4 is 0 Å². The zero-order valence-electron chi connectivity index (χ0n) is 7.20. The van der Waals surface area contributed by atoms with Gasteiger partial charge >= 0.3 is 0 Å². The van der Waals surface area contributed by atoms with Crippen molar-refractivity contribution in [1.82, 2.24) is 0 Å². The van der Waals surface area contributed by atoms with Gasteiger partial charge in [-0.1, -0.05) is 40.2 Å². The summed E-state index contributed by atoms with van der Waals surface area (Å²) in [4.78, 5) is 0. The number of alkyl halides is 1. The molecule has 0 aliphatic carbocycles. The van der Waals surface area contributed by atoms with Gasteiger partial charge in [-0.25, -0.2) is 0 Å². The van der Waals surface area contributed by atoms with Crippen molar-refractivity contribution in [2.45, 2.75) is 11.6 Å². The summed E-state index contributed by atoms with van der Waals surface area (Å²) in [5.41, 5.74) is 2.36. The Morgan fingerprint density at radius 2 is 1.77 bits per heavy atom. The Labute approximate surface area is 86.0 Å². The van der Waals surface area contributed by atoms with Gasteiger partial charge in [0, 0.05) is 10.9 Å². The van der Waals surface area contributed by atoms with Gasteiger partial charge < -0.3 is 9.47 Å². The summed E-state index contributed by atoms with van der Waals surface area (Å²) in [6.45, 7) is 1.40. The first-order valence-corrected chi connectivity index (χ1v) is 5.40. The maximum absolute atomic E-state index is 5.38. The van der Waals surface area contributed by atoms with Crippen LogP contribution in [0.5, 0.6) is 0 Å². The third-order valence-corrected chi connectivity index (χ3v) is 2.68. The summed E-state index contributed by atoms with van der Waals surface area (Å²) in [6, 6.07) is 8.25. The summed E-state index contributed by atoms with van der Waals surface area (Å²) < 4.78 is 10.8.